The molecule has 0 aromatic heterocycles. The topological polar surface area (TPSA) is 78.8 Å². The third-order valence-electron chi connectivity index (χ3n) is 2.19. The molecule has 0 bridgehead atoms. The predicted octanol–water partition coefficient (Wildman–Crippen LogP) is 1.13. The summed E-state index contributed by atoms with van der Waals surface area (Å²) in [4.78, 5) is 11.8. The van der Waals surface area contributed by atoms with Crippen LogP contribution in [0.5, 0.6) is 5.75 Å². The SMILES string of the molecule is O=C(NCCCOCCO)c1cc(I)ccc1O. The maximum absolute atomic E-state index is 11.8. The quantitative estimate of drug-likeness (QED) is 0.500. The fourth-order valence-corrected chi connectivity index (χ4v) is 1.82. The molecule has 0 aliphatic carbocycles. The fraction of sp³-hybridized carbons (Fsp3) is 0.417. The molecular formula is C12H16INO4. The summed E-state index contributed by atoms with van der Waals surface area (Å²) in [5, 5.41) is 20.8. The van der Waals surface area contributed by atoms with Gasteiger partial charge >= 0.3 is 0 Å². The van der Waals surface area contributed by atoms with Crippen molar-refractivity contribution < 1.29 is 19.7 Å². The molecule has 0 heterocycles. The minimum atomic E-state index is -0.298. The Bertz CT molecular complexity index is 398. The van der Waals surface area contributed by atoms with Crippen LogP contribution in [0.2, 0.25) is 0 Å². The van der Waals surface area contributed by atoms with E-state index >= 15 is 0 Å². The molecule has 0 unspecified atom stereocenters. The second kappa shape index (κ2) is 8.28. The van der Waals surface area contributed by atoms with E-state index in [0.29, 0.717) is 26.2 Å². The largest absolute Gasteiger partial charge is 0.507 e. The van der Waals surface area contributed by atoms with Crippen molar-refractivity contribution in [3.8, 4) is 5.75 Å². The van der Waals surface area contributed by atoms with E-state index in [9.17, 15) is 9.90 Å². The lowest BCUT2D eigenvalue weighted by molar-refractivity contribution is 0.0866. The van der Waals surface area contributed by atoms with Gasteiger partial charge < -0.3 is 20.3 Å². The van der Waals surface area contributed by atoms with Crippen molar-refractivity contribution >= 4 is 28.5 Å². The van der Waals surface area contributed by atoms with Gasteiger partial charge in [0.2, 0.25) is 0 Å². The van der Waals surface area contributed by atoms with Crippen molar-refractivity contribution in [2.45, 2.75) is 6.42 Å². The Morgan fingerprint density at radius 3 is 2.89 bits per heavy atom. The number of benzene rings is 1. The number of carbonyl (C=O) groups excluding carboxylic acids is 1. The van der Waals surface area contributed by atoms with Gasteiger partial charge in [0.15, 0.2) is 0 Å². The highest BCUT2D eigenvalue weighted by atomic mass is 127. The summed E-state index contributed by atoms with van der Waals surface area (Å²) < 4.78 is 5.95. The van der Waals surface area contributed by atoms with Gasteiger partial charge in [-0.15, -0.1) is 0 Å². The average molecular weight is 365 g/mol. The molecule has 1 amide bonds. The van der Waals surface area contributed by atoms with Gasteiger partial charge in [0, 0.05) is 16.7 Å². The summed E-state index contributed by atoms with van der Waals surface area (Å²) in [6.45, 7) is 1.27. The van der Waals surface area contributed by atoms with Crippen LogP contribution in [0, 0.1) is 3.57 Å². The van der Waals surface area contributed by atoms with Crippen LogP contribution in [0.15, 0.2) is 18.2 Å². The van der Waals surface area contributed by atoms with Crippen LogP contribution in [0.1, 0.15) is 16.8 Å². The molecular weight excluding hydrogens is 349 g/mol. The number of halogens is 1. The van der Waals surface area contributed by atoms with E-state index in [2.05, 4.69) is 27.9 Å². The van der Waals surface area contributed by atoms with Crippen LogP contribution in [0.3, 0.4) is 0 Å². The summed E-state index contributed by atoms with van der Waals surface area (Å²) in [5.41, 5.74) is 0.276. The first-order valence-electron chi connectivity index (χ1n) is 5.60. The maximum Gasteiger partial charge on any atom is 0.255 e. The highest BCUT2D eigenvalue weighted by Gasteiger charge is 2.10. The molecule has 0 fully saturated rings. The Hall–Kier alpha value is -0.860. The average Bonchev–Trinajstić information content (AvgIpc) is 2.36. The van der Waals surface area contributed by atoms with Gasteiger partial charge in [-0.25, -0.2) is 0 Å². The molecule has 3 N–H and O–H groups in total. The number of ether oxygens (including phenoxy) is 1. The smallest absolute Gasteiger partial charge is 0.255 e. The van der Waals surface area contributed by atoms with Gasteiger partial charge in [0.1, 0.15) is 5.75 Å². The van der Waals surface area contributed by atoms with Gasteiger partial charge in [-0.2, -0.15) is 0 Å². The highest BCUT2D eigenvalue weighted by Crippen LogP contribution is 2.19. The molecule has 0 radical (unpaired) electrons. The first-order chi connectivity index (χ1) is 8.65. The lowest BCUT2D eigenvalue weighted by Gasteiger charge is -2.07. The number of hydrogen-bond donors (Lipinski definition) is 3. The summed E-state index contributed by atoms with van der Waals surface area (Å²) in [6.07, 6.45) is 0.663. The number of phenolic OH excluding ortho intramolecular Hbond substituents is 1. The molecule has 0 aliphatic rings. The summed E-state index contributed by atoms with van der Waals surface area (Å²) in [5.74, 6) is -0.322. The van der Waals surface area contributed by atoms with Gasteiger partial charge in [0.05, 0.1) is 18.8 Å². The summed E-state index contributed by atoms with van der Waals surface area (Å²) in [6, 6.07) is 4.87. The van der Waals surface area contributed by atoms with Gasteiger partial charge in [-0.1, -0.05) is 0 Å². The molecule has 1 aromatic carbocycles. The number of carbonyl (C=O) groups is 1. The van der Waals surface area contributed by atoms with E-state index in [1.807, 2.05) is 0 Å². The zero-order valence-corrected chi connectivity index (χ0v) is 12.0. The Labute approximate surface area is 119 Å². The van der Waals surface area contributed by atoms with Crippen LogP contribution < -0.4 is 5.32 Å². The van der Waals surface area contributed by atoms with Crippen molar-refractivity contribution in [3.63, 3.8) is 0 Å². The molecule has 6 heteroatoms. The third kappa shape index (κ3) is 5.19. The number of hydrogen-bond acceptors (Lipinski definition) is 4. The number of aliphatic hydroxyl groups excluding tert-OH is 1. The molecule has 5 nitrogen and oxygen atoms in total. The number of nitrogens with one attached hydrogen (secondary N) is 1. The molecule has 18 heavy (non-hydrogen) atoms. The lowest BCUT2D eigenvalue weighted by Crippen LogP contribution is -2.25. The molecule has 100 valence electrons. The van der Waals surface area contributed by atoms with Crippen molar-refractivity contribution in [1.82, 2.24) is 5.32 Å². The maximum atomic E-state index is 11.8. The summed E-state index contributed by atoms with van der Waals surface area (Å²) >= 11 is 2.08. The highest BCUT2D eigenvalue weighted by molar-refractivity contribution is 14.1. The minimum Gasteiger partial charge on any atom is -0.507 e. The van der Waals surface area contributed by atoms with Crippen molar-refractivity contribution in [3.05, 3.63) is 27.3 Å². The minimum absolute atomic E-state index is 0.00266. The Balaban J connectivity index is 2.34. The monoisotopic (exact) mass is 365 g/mol. The van der Waals surface area contributed by atoms with E-state index in [0.717, 1.165) is 3.57 Å². The second-order valence-electron chi connectivity index (χ2n) is 3.61. The Kier molecular flexibility index (Phi) is 6.99. The Morgan fingerprint density at radius 1 is 1.39 bits per heavy atom. The van der Waals surface area contributed by atoms with E-state index in [-0.39, 0.29) is 23.8 Å². The first-order valence-corrected chi connectivity index (χ1v) is 6.68. The standard InChI is InChI=1S/C12H16INO4/c13-9-2-3-11(16)10(8-9)12(17)14-4-1-6-18-7-5-15/h2-3,8,15-16H,1,4-7H2,(H,14,17). The van der Waals surface area contributed by atoms with Crippen LogP contribution in [0.4, 0.5) is 0 Å². The number of aliphatic hydroxyl groups is 1. The molecule has 0 saturated carbocycles. The van der Waals surface area contributed by atoms with E-state index in [4.69, 9.17) is 9.84 Å². The van der Waals surface area contributed by atoms with Crippen molar-refractivity contribution in [1.29, 1.82) is 0 Å². The van der Waals surface area contributed by atoms with Crippen molar-refractivity contribution in [2.75, 3.05) is 26.4 Å². The van der Waals surface area contributed by atoms with Crippen molar-refractivity contribution in [2.24, 2.45) is 0 Å². The molecule has 0 atom stereocenters. The second-order valence-corrected chi connectivity index (χ2v) is 4.85. The molecule has 0 spiro atoms. The normalized spacial score (nSPS) is 10.3. The van der Waals surface area contributed by atoms with Crippen LogP contribution in [0.25, 0.3) is 0 Å². The van der Waals surface area contributed by atoms with Gasteiger partial charge in [-0.05, 0) is 47.2 Å². The Morgan fingerprint density at radius 2 is 2.17 bits per heavy atom. The van der Waals surface area contributed by atoms with E-state index in [1.165, 1.54) is 6.07 Å². The molecule has 1 rings (SSSR count). The van der Waals surface area contributed by atoms with Crippen LogP contribution >= 0.6 is 22.6 Å². The third-order valence-corrected chi connectivity index (χ3v) is 2.86. The van der Waals surface area contributed by atoms with Crippen LogP contribution in [-0.2, 0) is 4.74 Å². The van der Waals surface area contributed by atoms with Gasteiger partial charge in [-0.3, -0.25) is 4.79 Å². The lowest BCUT2D eigenvalue weighted by atomic mass is 10.2. The first kappa shape index (κ1) is 15.2. The number of amides is 1. The predicted molar refractivity (Wildman–Crippen MR) is 75.7 cm³/mol. The molecule has 0 saturated heterocycles. The van der Waals surface area contributed by atoms with E-state index in [1.54, 1.807) is 12.1 Å². The summed E-state index contributed by atoms with van der Waals surface area (Å²) in [7, 11) is 0. The van der Waals surface area contributed by atoms with E-state index < -0.39 is 0 Å². The fourth-order valence-electron chi connectivity index (χ4n) is 1.33. The number of phenols is 1. The van der Waals surface area contributed by atoms with Gasteiger partial charge in [0.25, 0.3) is 5.91 Å². The zero-order chi connectivity index (χ0) is 13.4. The molecule has 0 aliphatic heterocycles. The molecule has 1 aromatic rings. The number of rotatable bonds is 7. The number of aromatic hydroxyl groups is 1. The zero-order valence-electron chi connectivity index (χ0n) is 9.86. The van der Waals surface area contributed by atoms with Crippen LogP contribution in [-0.4, -0.2) is 42.5 Å².